The number of rotatable bonds is 5. The highest BCUT2D eigenvalue weighted by molar-refractivity contribution is 9.10. The summed E-state index contributed by atoms with van der Waals surface area (Å²) in [5.74, 6) is 0.572. The molecule has 0 aliphatic rings. The second kappa shape index (κ2) is 5.84. The zero-order valence-electron chi connectivity index (χ0n) is 11.0. The molecule has 0 radical (unpaired) electrons. The molecule has 1 N–H and O–H groups in total. The van der Waals surface area contributed by atoms with E-state index in [0.29, 0.717) is 22.5 Å². The van der Waals surface area contributed by atoms with E-state index in [0.717, 1.165) is 0 Å². The van der Waals surface area contributed by atoms with E-state index < -0.39 is 10.0 Å². The van der Waals surface area contributed by atoms with Crippen LogP contribution in [0.2, 0.25) is 0 Å². The zero-order chi connectivity index (χ0) is 14.8. The summed E-state index contributed by atoms with van der Waals surface area (Å²) in [7, 11) is -2.13. The summed E-state index contributed by atoms with van der Waals surface area (Å²) >= 11 is 3.27. The summed E-state index contributed by atoms with van der Waals surface area (Å²) in [6, 6.07) is 4.57. The second-order valence-corrected chi connectivity index (χ2v) is 6.52. The van der Waals surface area contributed by atoms with Gasteiger partial charge in [-0.25, -0.2) is 8.42 Å². The molecular weight excluding hydrogens is 346 g/mol. The minimum atomic E-state index is -3.64. The average molecular weight is 360 g/mol. The fraction of sp³-hybridized carbons (Fsp3) is 0.250. The van der Waals surface area contributed by atoms with Crippen molar-refractivity contribution < 1.29 is 13.2 Å². The van der Waals surface area contributed by atoms with Crippen LogP contribution in [-0.4, -0.2) is 25.3 Å². The number of halogens is 1. The number of anilines is 1. The molecule has 2 aromatic rings. The molecule has 1 aromatic carbocycles. The number of benzene rings is 1. The van der Waals surface area contributed by atoms with Crippen molar-refractivity contribution in [2.75, 3.05) is 11.8 Å². The summed E-state index contributed by atoms with van der Waals surface area (Å²) in [6.07, 6.45) is 3.11. The van der Waals surface area contributed by atoms with Crippen LogP contribution in [0.25, 0.3) is 0 Å². The van der Waals surface area contributed by atoms with Crippen LogP contribution in [0, 0.1) is 0 Å². The first-order chi connectivity index (χ1) is 9.46. The smallest absolute Gasteiger partial charge is 0.262 e. The number of aromatic nitrogens is 2. The van der Waals surface area contributed by atoms with E-state index in [2.05, 4.69) is 25.8 Å². The largest absolute Gasteiger partial charge is 0.496 e. The van der Waals surface area contributed by atoms with Crippen LogP contribution >= 0.6 is 15.9 Å². The molecule has 0 saturated carbocycles. The summed E-state index contributed by atoms with van der Waals surface area (Å²) in [4.78, 5) is 0.148. The lowest BCUT2D eigenvalue weighted by Crippen LogP contribution is -2.12. The molecule has 0 fully saturated rings. The van der Waals surface area contributed by atoms with Crippen LogP contribution in [0.15, 0.2) is 40.0 Å². The number of hydrogen-bond acceptors (Lipinski definition) is 4. The molecule has 1 heterocycles. The number of hydrogen-bond donors (Lipinski definition) is 1. The molecule has 20 heavy (non-hydrogen) atoms. The Kier molecular flexibility index (Phi) is 4.34. The van der Waals surface area contributed by atoms with Gasteiger partial charge in [-0.2, -0.15) is 5.10 Å². The van der Waals surface area contributed by atoms with Gasteiger partial charge in [0.2, 0.25) is 0 Å². The Morgan fingerprint density at radius 1 is 1.45 bits per heavy atom. The van der Waals surface area contributed by atoms with E-state index >= 15 is 0 Å². The van der Waals surface area contributed by atoms with Crippen molar-refractivity contribution >= 4 is 31.6 Å². The number of methoxy groups -OCH3 is 1. The topological polar surface area (TPSA) is 73.2 Å². The van der Waals surface area contributed by atoms with E-state index in [1.807, 2.05) is 6.92 Å². The van der Waals surface area contributed by atoms with Crippen molar-refractivity contribution in [3.05, 3.63) is 35.1 Å². The van der Waals surface area contributed by atoms with E-state index in [1.165, 1.54) is 25.4 Å². The number of nitrogens with zero attached hydrogens (tertiary/aromatic N) is 2. The standard InChI is InChI=1S/C12H14BrN3O3S/c1-3-16-8-9(7-14-16)15-20(17,18)10-4-5-12(19-2)11(13)6-10/h4-8,15H,3H2,1-2H3. The molecule has 1 aromatic heterocycles. The Hall–Kier alpha value is -1.54. The summed E-state index contributed by atoms with van der Waals surface area (Å²) in [5, 5.41) is 4.02. The third-order valence-electron chi connectivity index (χ3n) is 2.64. The SMILES string of the molecule is CCn1cc(NS(=O)(=O)c2ccc(OC)c(Br)c2)cn1. The molecule has 8 heteroatoms. The highest BCUT2D eigenvalue weighted by Gasteiger charge is 2.16. The van der Waals surface area contributed by atoms with Crippen molar-refractivity contribution in [3.8, 4) is 5.75 Å². The lowest BCUT2D eigenvalue weighted by atomic mass is 10.3. The van der Waals surface area contributed by atoms with Gasteiger partial charge in [-0.15, -0.1) is 0 Å². The molecule has 0 atom stereocenters. The third kappa shape index (κ3) is 3.13. The molecule has 0 aliphatic heterocycles. The maximum absolute atomic E-state index is 12.2. The summed E-state index contributed by atoms with van der Waals surface area (Å²) < 4.78 is 34.3. The Morgan fingerprint density at radius 3 is 2.75 bits per heavy atom. The molecule has 108 valence electrons. The first-order valence-corrected chi connectivity index (χ1v) is 8.12. The van der Waals surface area contributed by atoms with Gasteiger partial charge in [-0.3, -0.25) is 9.40 Å². The highest BCUT2D eigenvalue weighted by Crippen LogP contribution is 2.28. The molecule has 0 saturated heterocycles. The lowest BCUT2D eigenvalue weighted by Gasteiger charge is -2.08. The van der Waals surface area contributed by atoms with Gasteiger partial charge < -0.3 is 4.74 Å². The van der Waals surface area contributed by atoms with Crippen LogP contribution < -0.4 is 9.46 Å². The van der Waals surface area contributed by atoms with Gasteiger partial charge in [0.05, 0.1) is 28.4 Å². The van der Waals surface area contributed by atoms with Gasteiger partial charge in [0.1, 0.15) is 5.75 Å². The molecule has 0 unspecified atom stereocenters. The summed E-state index contributed by atoms with van der Waals surface area (Å²) in [5.41, 5.74) is 0.429. The van der Waals surface area contributed by atoms with Gasteiger partial charge in [0.25, 0.3) is 10.0 Å². The molecular formula is C12H14BrN3O3S. The molecule has 0 amide bonds. The Morgan fingerprint density at radius 2 is 2.20 bits per heavy atom. The van der Waals surface area contributed by atoms with Gasteiger partial charge in [-0.05, 0) is 41.1 Å². The van der Waals surface area contributed by atoms with Crippen molar-refractivity contribution in [2.45, 2.75) is 18.4 Å². The normalized spacial score (nSPS) is 11.3. The van der Waals surface area contributed by atoms with E-state index in [9.17, 15) is 8.42 Å². The molecule has 0 bridgehead atoms. The molecule has 2 rings (SSSR count). The van der Waals surface area contributed by atoms with Gasteiger partial charge in [-0.1, -0.05) is 0 Å². The average Bonchev–Trinajstić information content (AvgIpc) is 2.85. The van der Waals surface area contributed by atoms with E-state index in [1.54, 1.807) is 16.9 Å². The Labute approximate surface area is 125 Å². The summed E-state index contributed by atoms with van der Waals surface area (Å²) in [6.45, 7) is 2.60. The Balaban J connectivity index is 2.28. The van der Waals surface area contributed by atoms with Gasteiger partial charge in [0.15, 0.2) is 0 Å². The van der Waals surface area contributed by atoms with Crippen LogP contribution in [0.1, 0.15) is 6.92 Å². The second-order valence-electron chi connectivity index (χ2n) is 3.99. The van der Waals surface area contributed by atoms with Crippen molar-refractivity contribution in [1.29, 1.82) is 0 Å². The van der Waals surface area contributed by atoms with E-state index in [4.69, 9.17) is 4.74 Å². The van der Waals surface area contributed by atoms with Crippen molar-refractivity contribution in [1.82, 2.24) is 9.78 Å². The Bertz CT molecular complexity index is 712. The first-order valence-electron chi connectivity index (χ1n) is 5.85. The van der Waals surface area contributed by atoms with Crippen LogP contribution in [0.3, 0.4) is 0 Å². The number of aryl methyl sites for hydroxylation is 1. The fourth-order valence-corrected chi connectivity index (χ4v) is 3.36. The molecule has 6 nitrogen and oxygen atoms in total. The fourth-order valence-electron chi connectivity index (χ4n) is 1.62. The lowest BCUT2D eigenvalue weighted by molar-refractivity contribution is 0.411. The molecule has 0 spiro atoms. The number of sulfonamides is 1. The number of ether oxygens (including phenoxy) is 1. The van der Waals surface area contributed by atoms with Crippen LogP contribution in [-0.2, 0) is 16.6 Å². The third-order valence-corrected chi connectivity index (χ3v) is 4.64. The van der Waals surface area contributed by atoms with Gasteiger partial charge in [0, 0.05) is 12.7 Å². The minimum absolute atomic E-state index is 0.148. The van der Waals surface area contributed by atoms with Crippen LogP contribution in [0.5, 0.6) is 5.75 Å². The maximum atomic E-state index is 12.2. The quantitative estimate of drug-likeness (QED) is 0.889. The van der Waals surface area contributed by atoms with E-state index in [-0.39, 0.29) is 4.90 Å². The minimum Gasteiger partial charge on any atom is -0.496 e. The van der Waals surface area contributed by atoms with Crippen molar-refractivity contribution in [3.63, 3.8) is 0 Å². The predicted octanol–water partition coefficient (Wildman–Crippen LogP) is 2.47. The predicted molar refractivity (Wildman–Crippen MR) is 79.4 cm³/mol. The zero-order valence-corrected chi connectivity index (χ0v) is 13.4. The van der Waals surface area contributed by atoms with Crippen molar-refractivity contribution in [2.24, 2.45) is 0 Å². The first kappa shape index (κ1) is 14.9. The monoisotopic (exact) mass is 359 g/mol. The molecule has 0 aliphatic carbocycles. The maximum Gasteiger partial charge on any atom is 0.262 e. The number of nitrogens with one attached hydrogen (secondary N) is 1. The van der Waals surface area contributed by atoms with Gasteiger partial charge >= 0.3 is 0 Å². The highest BCUT2D eigenvalue weighted by atomic mass is 79.9. The van der Waals surface area contributed by atoms with Crippen LogP contribution in [0.4, 0.5) is 5.69 Å².